The van der Waals surface area contributed by atoms with Gasteiger partial charge >= 0.3 is 11.9 Å². The molecule has 0 rings (SSSR count). The Kier molecular flexibility index (Phi) is 3.95. The van der Waals surface area contributed by atoms with E-state index in [-0.39, 0.29) is 6.61 Å². The van der Waals surface area contributed by atoms with Gasteiger partial charge in [0.05, 0.1) is 6.61 Å². The van der Waals surface area contributed by atoms with E-state index in [1.165, 1.54) is 0 Å². The molecule has 0 fully saturated rings. The van der Waals surface area contributed by atoms with E-state index in [2.05, 4.69) is 4.74 Å². The van der Waals surface area contributed by atoms with Crippen LogP contribution in [-0.2, 0) is 14.3 Å². The third-order valence-electron chi connectivity index (χ3n) is 0.649. The van der Waals surface area contributed by atoms with Crippen LogP contribution in [0.1, 0.15) is 6.92 Å². The molecule has 0 spiro atoms. The van der Waals surface area contributed by atoms with Crippen LogP contribution in [0.25, 0.3) is 0 Å². The highest BCUT2D eigenvalue weighted by atomic mass is 16.5. The number of carboxylic acid groups (broad SMARTS) is 1. The van der Waals surface area contributed by atoms with Gasteiger partial charge in [-0.1, -0.05) is 0 Å². The summed E-state index contributed by atoms with van der Waals surface area (Å²) in [6, 6.07) is 0. The minimum absolute atomic E-state index is 0.253. The van der Waals surface area contributed by atoms with Crippen molar-refractivity contribution in [2.75, 3.05) is 6.61 Å². The normalized spacial score (nSPS) is 9.70. The van der Waals surface area contributed by atoms with Crippen LogP contribution < -0.4 is 0 Å². The van der Waals surface area contributed by atoms with Gasteiger partial charge in [-0.15, -0.1) is 0 Å². The van der Waals surface area contributed by atoms with E-state index in [0.29, 0.717) is 0 Å². The molecule has 0 amide bonds. The third-order valence-corrected chi connectivity index (χ3v) is 0.649. The van der Waals surface area contributed by atoms with E-state index in [9.17, 15) is 9.59 Å². The molecule has 4 nitrogen and oxygen atoms in total. The fourth-order valence-corrected chi connectivity index (χ4v) is 0.330. The second-order valence-corrected chi connectivity index (χ2v) is 1.42. The average Bonchev–Trinajstić information content (AvgIpc) is 1.85. The number of rotatable bonds is 3. The minimum Gasteiger partial charge on any atom is -0.478 e. The lowest BCUT2D eigenvalue weighted by Crippen LogP contribution is -2.00. The van der Waals surface area contributed by atoms with Crippen molar-refractivity contribution in [3.8, 4) is 0 Å². The molecular weight excluding hydrogens is 136 g/mol. The smallest absolute Gasteiger partial charge is 0.330 e. The average molecular weight is 144 g/mol. The summed E-state index contributed by atoms with van der Waals surface area (Å²) in [5.74, 6) is -1.79. The Morgan fingerprint density at radius 3 is 2.50 bits per heavy atom. The summed E-state index contributed by atoms with van der Waals surface area (Å²) in [6.07, 6.45) is 1.60. The van der Waals surface area contributed by atoms with Crippen LogP contribution in [0, 0.1) is 0 Å². The highest BCUT2D eigenvalue weighted by molar-refractivity contribution is 5.90. The Hall–Kier alpha value is -1.32. The van der Waals surface area contributed by atoms with Gasteiger partial charge < -0.3 is 9.84 Å². The molecule has 0 aliphatic heterocycles. The molecule has 0 heterocycles. The Bertz CT molecular complexity index is 159. The minimum atomic E-state index is -1.16. The molecule has 0 saturated carbocycles. The van der Waals surface area contributed by atoms with E-state index >= 15 is 0 Å². The molecule has 0 aromatic rings. The van der Waals surface area contributed by atoms with Crippen LogP contribution in [0.15, 0.2) is 12.2 Å². The Morgan fingerprint density at radius 2 is 2.10 bits per heavy atom. The first-order chi connectivity index (χ1) is 4.66. The molecule has 56 valence electrons. The van der Waals surface area contributed by atoms with E-state index in [4.69, 9.17) is 5.11 Å². The second kappa shape index (κ2) is 4.55. The SMILES string of the molecule is CCOC(=O)/C=C/C(=O)O. The number of carbonyl (C=O) groups is 2. The van der Waals surface area contributed by atoms with E-state index in [0.717, 1.165) is 12.2 Å². The van der Waals surface area contributed by atoms with E-state index in [1.807, 2.05) is 0 Å². The van der Waals surface area contributed by atoms with Crippen LogP contribution in [0.2, 0.25) is 0 Å². The summed E-state index contributed by atoms with van der Waals surface area (Å²) in [5.41, 5.74) is 0. The molecule has 0 aliphatic carbocycles. The van der Waals surface area contributed by atoms with Crippen LogP contribution in [0.3, 0.4) is 0 Å². The number of hydrogen-bond acceptors (Lipinski definition) is 3. The van der Waals surface area contributed by atoms with Gasteiger partial charge in [-0.2, -0.15) is 0 Å². The van der Waals surface area contributed by atoms with Gasteiger partial charge in [0, 0.05) is 12.2 Å². The maximum absolute atomic E-state index is 10.4. The molecular formula is C6H8O4. The monoisotopic (exact) mass is 144 g/mol. The van der Waals surface area contributed by atoms with Crippen molar-refractivity contribution in [2.24, 2.45) is 0 Å². The van der Waals surface area contributed by atoms with Crippen molar-refractivity contribution in [1.29, 1.82) is 0 Å². The number of hydrogen-bond donors (Lipinski definition) is 1. The fourth-order valence-electron chi connectivity index (χ4n) is 0.330. The van der Waals surface area contributed by atoms with Crippen molar-refractivity contribution < 1.29 is 19.4 Å². The van der Waals surface area contributed by atoms with Gasteiger partial charge in [-0.05, 0) is 6.92 Å². The van der Waals surface area contributed by atoms with E-state index < -0.39 is 11.9 Å². The zero-order valence-corrected chi connectivity index (χ0v) is 5.53. The lowest BCUT2D eigenvalue weighted by Gasteiger charge is -1.92. The molecule has 0 atom stereocenters. The molecule has 0 aromatic carbocycles. The summed E-state index contributed by atoms with van der Waals surface area (Å²) >= 11 is 0. The maximum atomic E-state index is 10.4. The zero-order valence-electron chi connectivity index (χ0n) is 5.53. The summed E-state index contributed by atoms with van der Waals surface area (Å²) < 4.78 is 4.40. The van der Waals surface area contributed by atoms with Crippen LogP contribution >= 0.6 is 0 Å². The molecule has 0 aliphatic rings. The number of esters is 1. The predicted molar refractivity (Wildman–Crippen MR) is 33.4 cm³/mol. The van der Waals surface area contributed by atoms with Crippen molar-refractivity contribution in [3.63, 3.8) is 0 Å². The lowest BCUT2D eigenvalue weighted by atomic mass is 10.5. The fraction of sp³-hybridized carbons (Fsp3) is 0.333. The molecule has 1 N–H and O–H groups in total. The van der Waals surface area contributed by atoms with Crippen molar-refractivity contribution in [1.82, 2.24) is 0 Å². The highest BCUT2D eigenvalue weighted by Crippen LogP contribution is 1.80. The van der Waals surface area contributed by atoms with Crippen molar-refractivity contribution >= 4 is 11.9 Å². The molecule has 0 aromatic heterocycles. The standard InChI is InChI=1S/C6H8O4/c1-2-10-6(9)4-3-5(7)8/h3-4H,2H2,1H3,(H,7,8)/b4-3+. The molecule has 10 heavy (non-hydrogen) atoms. The van der Waals surface area contributed by atoms with Gasteiger partial charge in [0.2, 0.25) is 0 Å². The number of ether oxygens (including phenoxy) is 1. The first-order valence-electron chi connectivity index (χ1n) is 2.74. The first kappa shape index (κ1) is 8.68. The number of carbonyl (C=O) groups excluding carboxylic acids is 1. The van der Waals surface area contributed by atoms with E-state index in [1.54, 1.807) is 6.92 Å². The highest BCUT2D eigenvalue weighted by Gasteiger charge is 1.94. The van der Waals surface area contributed by atoms with Gasteiger partial charge in [0.15, 0.2) is 0 Å². The number of aliphatic carboxylic acids is 1. The summed E-state index contributed by atoms with van der Waals surface area (Å²) in [7, 11) is 0. The first-order valence-corrected chi connectivity index (χ1v) is 2.74. The third kappa shape index (κ3) is 4.83. The number of carboxylic acids is 1. The van der Waals surface area contributed by atoms with Gasteiger partial charge in [-0.3, -0.25) is 0 Å². The van der Waals surface area contributed by atoms with Gasteiger partial charge in [0.25, 0.3) is 0 Å². The Labute approximate surface area is 58.1 Å². The topological polar surface area (TPSA) is 63.6 Å². The quantitative estimate of drug-likeness (QED) is 0.453. The summed E-state index contributed by atoms with van der Waals surface area (Å²) in [5, 5.41) is 8.04. The van der Waals surface area contributed by atoms with Crippen molar-refractivity contribution in [2.45, 2.75) is 6.92 Å². The largest absolute Gasteiger partial charge is 0.478 e. The second-order valence-electron chi connectivity index (χ2n) is 1.42. The van der Waals surface area contributed by atoms with Crippen molar-refractivity contribution in [3.05, 3.63) is 12.2 Å². The van der Waals surface area contributed by atoms with Gasteiger partial charge in [0.1, 0.15) is 0 Å². The Morgan fingerprint density at radius 1 is 1.50 bits per heavy atom. The molecule has 0 radical (unpaired) electrons. The van der Waals surface area contributed by atoms with Gasteiger partial charge in [-0.25, -0.2) is 9.59 Å². The lowest BCUT2D eigenvalue weighted by molar-refractivity contribution is -0.138. The summed E-state index contributed by atoms with van der Waals surface area (Å²) in [4.78, 5) is 20.2. The Balaban J connectivity index is 3.67. The molecule has 0 unspecified atom stereocenters. The molecule has 0 saturated heterocycles. The maximum Gasteiger partial charge on any atom is 0.330 e. The molecule has 0 bridgehead atoms. The zero-order chi connectivity index (χ0) is 7.98. The summed E-state index contributed by atoms with van der Waals surface area (Å²) in [6.45, 7) is 1.90. The molecule has 4 heteroatoms. The van der Waals surface area contributed by atoms with Crippen LogP contribution in [0.4, 0.5) is 0 Å². The van der Waals surface area contributed by atoms with Crippen LogP contribution in [0.5, 0.6) is 0 Å². The predicted octanol–water partition coefficient (Wildman–Crippen LogP) is 0.190. The van der Waals surface area contributed by atoms with Crippen LogP contribution in [-0.4, -0.2) is 23.7 Å².